The molecule has 46 heavy (non-hydrogen) atoms. The predicted octanol–water partition coefficient (Wildman–Crippen LogP) is 7.05. The van der Waals surface area contributed by atoms with Gasteiger partial charge in [0.05, 0.1) is 45.1 Å². The fourth-order valence-corrected chi connectivity index (χ4v) is 7.05. The highest BCUT2D eigenvalue weighted by Crippen LogP contribution is 2.36. The van der Waals surface area contributed by atoms with Gasteiger partial charge in [-0.1, -0.05) is 77.0 Å². The highest BCUT2D eigenvalue weighted by Gasteiger charge is 2.35. The average molecular weight is 673 g/mol. The van der Waals surface area contributed by atoms with Crippen molar-refractivity contribution in [3.05, 3.63) is 142 Å². The zero-order valence-electron chi connectivity index (χ0n) is 25.7. The molecule has 0 aliphatic carbocycles. The van der Waals surface area contributed by atoms with E-state index in [1.165, 1.54) is 11.3 Å². The molecule has 0 bridgehead atoms. The fourth-order valence-electron chi connectivity index (χ4n) is 5.77. The van der Waals surface area contributed by atoms with Crippen molar-refractivity contribution in [2.45, 2.75) is 33.7 Å². The van der Waals surface area contributed by atoms with E-state index in [-0.39, 0.29) is 12.2 Å². The molecule has 0 saturated carbocycles. The lowest BCUT2D eigenvalue weighted by atomic mass is 9.93. The van der Waals surface area contributed by atoms with E-state index in [4.69, 9.17) is 37.7 Å². The molecule has 1 aliphatic heterocycles. The third-order valence-electron chi connectivity index (χ3n) is 7.80. The SMILES string of the molecule is CCOC(=O)C1=C(c2ccccc2)N=c2s/c(=C\c3cc(C)n(-c4ccc(Cl)c(Cl)c4)c3C)c(=O)n2[C@H]1c1ccc(OCC)cc1. The monoisotopic (exact) mass is 671 g/mol. The van der Waals surface area contributed by atoms with Crippen molar-refractivity contribution in [2.75, 3.05) is 13.2 Å². The van der Waals surface area contributed by atoms with Crippen LogP contribution in [0.25, 0.3) is 17.5 Å². The minimum atomic E-state index is -0.771. The van der Waals surface area contributed by atoms with Gasteiger partial charge in [0, 0.05) is 22.6 Å². The van der Waals surface area contributed by atoms with Crippen LogP contribution in [-0.2, 0) is 9.53 Å². The van der Waals surface area contributed by atoms with Crippen molar-refractivity contribution >= 4 is 52.3 Å². The van der Waals surface area contributed by atoms with Crippen molar-refractivity contribution in [3.63, 3.8) is 0 Å². The van der Waals surface area contributed by atoms with Crippen molar-refractivity contribution in [2.24, 2.45) is 4.99 Å². The minimum absolute atomic E-state index is 0.180. The quantitative estimate of drug-likeness (QED) is 0.166. The Morgan fingerprint density at radius 3 is 2.37 bits per heavy atom. The first-order valence-corrected chi connectivity index (χ1v) is 16.4. The lowest BCUT2D eigenvalue weighted by Crippen LogP contribution is -2.40. The summed E-state index contributed by atoms with van der Waals surface area (Å²) in [5.74, 6) is 0.171. The number of hydrogen-bond donors (Lipinski definition) is 0. The summed E-state index contributed by atoms with van der Waals surface area (Å²) in [6.07, 6.45) is 1.88. The molecule has 7 nitrogen and oxygen atoms in total. The Bertz CT molecular complexity index is 2160. The van der Waals surface area contributed by atoms with Crippen molar-refractivity contribution in [1.29, 1.82) is 0 Å². The number of aryl methyl sites for hydroxylation is 1. The largest absolute Gasteiger partial charge is 0.494 e. The van der Waals surface area contributed by atoms with E-state index < -0.39 is 12.0 Å². The maximum absolute atomic E-state index is 14.3. The first-order valence-electron chi connectivity index (χ1n) is 14.9. The number of ether oxygens (including phenoxy) is 2. The second-order valence-corrected chi connectivity index (χ2v) is 12.5. The summed E-state index contributed by atoms with van der Waals surface area (Å²) in [6.45, 7) is 8.37. The molecule has 0 N–H and O–H groups in total. The molecule has 6 rings (SSSR count). The highest BCUT2D eigenvalue weighted by molar-refractivity contribution is 7.07. The molecule has 10 heteroatoms. The molecule has 5 aromatic rings. The van der Waals surface area contributed by atoms with Crippen LogP contribution in [0.2, 0.25) is 10.0 Å². The molecule has 0 spiro atoms. The van der Waals surface area contributed by atoms with Crippen LogP contribution in [0, 0.1) is 13.8 Å². The van der Waals surface area contributed by atoms with Gasteiger partial charge in [0.25, 0.3) is 5.56 Å². The Balaban J connectivity index is 1.58. The van der Waals surface area contributed by atoms with E-state index >= 15 is 0 Å². The molecule has 0 fully saturated rings. The molecule has 3 aromatic carbocycles. The maximum atomic E-state index is 14.3. The second kappa shape index (κ2) is 13.2. The summed E-state index contributed by atoms with van der Waals surface area (Å²) in [5.41, 5.74) is 5.66. The van der Waals surface area contributed by atoms with Gasteiger partial charge in [-0.05, 0) is 81.3 Å². The first kappa shape index (κ1) is 31.6. The van der Waals surface area contributed by atoms with Gasteiger partial charge >= 0.3 is 5.97 Å². The van der Waals surface area contributed by atoms with E-state index in [1.54, 1.807) is 17.6 Å². The molecule has 0 amide bonds. The lowest BCUT2D eigenvalue weighted by molar-refractivity contribution is -0.138. The number of nitrogens with zero attached hydrogens (tertiary/aromatic N) is 3. The number of rotatable bonds is 8. The smallest absolute Gasteiger partial charge is 0.338 e. The van der Waals surface area contributed by atoms with Gasteiger partial charge in [0.1, 0.15) is 5.75 Å². The Labute approximate surface area is 280 Å². The van der Waals surface area contributed by atoms with Crippen LogP contribution in [0.15, 0.2) is 94.2 Å². The first-order chi connectivity index (χ1) is 22.2. The Kier molecular flexibility index (Phi) is 9.04. The number of esters is 1. The van der Waals surface area contributed by atoms with Crippen LogP contribution in [0.3, 0.4) is 0 Å². The number of hydrogen-bond acceptors (Lipinski definition) is 6. The van der Waals surface area contributed by atoms with Crippen molar-refractivity contribution < 1.29 is 14.3 Å². The van der Waals surface area contributed by atoms with Crippen LogP contribution >= 0.6 is 34.5 Å². The summed E-state index contributed by atoms with van der Waals surface area (Å²) >= 11 is 13.8. The molecule has 0 unspecified atom stereocenters. The van der Waals surface area contributed by atoms with Gasteiger partial charge in [0.2, 0.25) is 0 Å². The van der Waals surface area contributed by atoms with E-state index in [2.05, 4.69) is 4.57 Å². The van der Waals surface area contributed by atoms with E-state index in [1.807, 2.05) is 99.6 Å². The minimum Gasteiger partial charge on any atom is -0.494 e. The average Bonchev–Trinajstić information content (AvgIpc) is 3.52. The van der Waals surface area contributed by atoms with Crippen LogP contribution < -0.4 is 19.6 Å². The van der Waals surface area contributed by atoms with Crippen molar-refractivity contribution in [1.82, 2.24) is 9.13 Å². The van der Waals surface area contributed by atoms with E-state index in [0.29, 0.717) is 43.0 Å². The number of fused-ring (bicyclic) bond motifs is 1. The zero-order valence-corrected chi connectivity index (χ0v) is 28.0. The summed E-state index contributed by atoms with van der Waals surface area (Å²) < 4.78 is 15.4. The molecule has 2 aromatic heterocycles. The Morgan fingerprint density at radius 2 is 1.70 bits per heavy atom. The van der Waals surface area contributed by atoms with Crippen LogP contribution in [0.1, 0.15) is 48.0 Å². The topological polar surface area (TPSA) is 74.8 Å². The molecular formula is C36H31Cl2N3O4S. The summed E-state index contributed by atoms with van der Waals surface area (Å²) in [7, 11) is 0. The highest BCUT2D eigenvalue weighted by atomic mass is 35.5. The van der Waals surface area contributed by atoms with Gasteiger partial charge in [0.15, 0.2) is 4.80 Å². The number of carbonyl (C=O) groups excluding carboxylic acids is 1. The molecule has 0 radical (unpaired) electrons. The Morgan fingerprint density at radius 1 is 0.957 bits per heavy atom. The number of benzene rings is 3. The summed E-state index contributed by atoms with van der Waals surface area (Å²) in [4.78, 5) is 33.5. The molecular weight excluding hydrogens is 641 g/mol. The van der Waals surface area contributed by atoms with Crippen molar-refractivity contribution in [3.8, 4) is 11.4 Å². The molecule has 0 saturated heterocycles. The van der Waals surface area contributed by atoms with Gasteiger partial charge in [-0.15, -0.1) is 0 Å². The second-order valence-electron chi connectivity index (χ2n) is 10.7. The number of aromatic nitrogens is 2. The van der Waals surface area contributed by atoms with Gasteiger partial charge in [-0.3, -0.25) is 9.36 Å². The third kappa shape index (κ3) is 5.84. The predicted molar refractivity (Wildman–Crippen MR) is 184 cm³/mol. The van der Waals surface area contributed by atoms with Gasteiger partial charge < -0.3 is 14.0 Å². The van der Waals surface area contributed by atoms with E-state index in [9.17, 15) is 9.59 Å². The van der Waals surface area contributed by atoms with Gasteiger partial charge in [-0.2, -0.15) is 0 Å². The maximum Gasteiger partial charge on any atom is 0.338 e. The summed E-state index contributed by atoms with van der Waals surface area (Å²) in [6, 6.07) is 23.7. The Hall–Kier alpha value is -4.37. The third-order valence-corrected chi connectivity index (χ3v) is 9.52. The van der Waals surface area contributed by atoms with Crippen LogP contribution in [-0.4, -0.2) is 28.3 Å². The van der Waals surface area contributed by atoms with Gasteiger partial charge in [-0.25, -0.2) is 9.79 Å². The fraction of sp³-hybridized carbons (Fsp3) is 0.194. The number of carbonyl (C=O) groups is 1. The number of halogens is 2. The standard InChI is InChI=1S/C36H31Cl2N3O4S/c1-5-44-27-15-12-24(13-16-27)33-31(35(43)45-6-2)32(23-10-8-7-9-11-23)39-36-41(33)34(42)30(46-36)19-25-18-21(3)40(22(25)4)26-14-17-28(37)29(38)20-26/h7-20,33H,5-6H2,1-4H3/b30-19-/t33-/m0/s1. The number of thiazole rings is 1. The van der Waals surface area contributed by atoms with Crippen LogP contribution in [0.5, 0.6) is 5.75 Å². The van der Waals surface area contributed by atoms with E-state index in [0.717, 1.165) is 33.8 Å². The molecule has 1 atom stereocenters. The van der Waals surface area contributed by atoms with Crippen LogP contribution in [0.4, 0.5) is 0 Å². The zero-order chi connectivity index (χ0) is 32.5. The molecule has 234 valence electrons. The lowest BCUT2D eigenvalue weighted by Gasteiger charge is -2.26. The molecule has 1 aliphatic rings. The normalized spacial score (nSPS) is 14.7. The molecule has 3 heterocycles. The summed E-state index contributed by atoms with van der Waals surface area (Å²) in [5, 5.41) is 0.941.